The molecule has 0 N–H and O–H groups in total. The predicted molar refractivity (Wildman–Crippen MR) is 134 cm³/mol. The highest BCUT2D eigenvalue weighted by molar-refractivity contribution is 6.31. The van der Waals surface area contributed by atoms with Gasteiger partial charge in [-0.1, -0.05) is 59.6 Å². The molecule has 6 nitrogen and oxygen atoms in total. The fraction of sp³-hybridized carbons (Fsp3) is 0.179. The second-order valence-electron chi connectivity index (χ2n) is 8.93. The lowest BCUT2D eigenvalue weighted by Gasteiger charge is -2.34. The number of para-hydroxylation sites is 1. The van der Waals surface area contributed by atoms with Crippen LogP contribution < -0.4 is 10.3 Å². The van der Waals surface area contributed by atoms with E-state index in [2.05, 4.69) is 0 Å². The average molecular weight is 485 g/mol. The fourth-order valence-electron chi connectivity index (χ4n) is 5.37. The molecule has 35 heavy (non-hydrogen) atoms. The molecule has 3 aromatic carbocycles. The lowest BCUT2D eigenvalue weighted by atomic mass is 9.83. The van der Waals surface area contributed by atoms with Gasteiger partial charge in [-0.2, -0.15) is 0 Å². The number of hydrogen-bond acceptors (Lipinski definition) is 4. The van der Waals surface area contributed by atoms with Crippen LogP contribution in [0.2, 0.25) is 5.02 Å². The molecule has 174 valence electrons. The van der Waals surface area contributed by atoms with E-state index < -0.39 is 16.9 Å². The highest BCUT2D eigenvalue weighted by atomic mass is 35.5. The van der Waals surface area contributed by atoms with Crippen LogP contribution in [0.1, 0.15) is 39.7 Å². The number of aryl methyl sites for hydroxylation is 1. The number of hydrogen-bond donors (Lipinski definition) is 0. The van der Waals surface area contributed by atoms with Crippen molar-refractivity contribution in [1.82, 2.24) is 4.90 Å². The minimum absolute atomic E-state index is 0.0535. The summed E-state index contributed by atoms with van der Waals surface area (Å²) in [6.45, 7) is 4.39. The average Bonchev–Trinajstić information content (AvgIpc) is 3.25. The van der Waals surface area contributed by atoms with Crippen LogP contribution >= 0.6 is 11.6 Å². The number of carbonyl (C=O) groups excluding carboxylic acids is 2. The second kappa shape index (κ2) is 7.55. The van der Waals surface area contributed by atoms with E-state index in [1.54, 1.807) is 17.0 Å². The van der Waals surface area contributed by atoms with Gasteiger partial charge in [0.05, 0.1) is 16.6 Å². The molecule has 6 rings (SSSR count). The number of carbonyl (C=O) groups is 2. The minimum atomic E-state index is -1.62. The van der Waals surface area contributed by atoms with Gasteiger partial charge in [-0.25, -0.2) is 0 Å². The van der Waals surface area contributed by atoms with E-state index in [9.17, 15) is 14.4 Å². The largest absolute Gasteiger partial charge is 0.450 e. The van der Waals surface area contributed by atoms with Gasteiger partial charge in [0.25, 0.3) is 11.8 Å². The van der Waals surface area contributed by atoms with Gasteiger partial charge in [-0.05, 0) is 43.7 Å². The topological polar surface area (TPSA) is 70.8 Å². The van der Waals surface area contributed by atoms with Crippen LogP contribution in [-0.4, -0.2) is 23.3 Å². The first kappa shape index (κ1) is 21.6. The summed E-state index contributed by atoms with van der Waals surface area (Å²) in [5.41, 5.74) is 1.46. The zero-order valence-electron chi connectivity index (χ0n) is 19.2. The molecule has 4 aromatic rings. The Bertz CT molecular complexity index is 1610. The molecular formula is C28H21ClN2O4. The van der Waals surface area contributed by atoms with Gasteiger partial charge in [0, 0.05) is 23.7 Å². The van der Waals surface area contributed by atoms with Gasteiger partial charge in [-0.15, -0.1) is 0 Å². The smallest absolute Gasteiger partial charge is 0.291 e. The summed E-state index contributed by atoms with van der Waals surface area (Å²) >= 11 is 6.19. The van der Waals surface area contributed by atoms with E-state index in [4.69, 9.17) is 16.0 Å². The first-order valence-electron chi connectivity index (χ1n) is 11.4. The lowest BCUT2D eigenvalue weighted by molar-refractivity contribution is -0.126. The van der Waals surface area contributed by atoms with E-state index in [1.165, 1.54) is 11.0 Å². The highest BCUT2D eigenvalue weighted by Crippen LogP contribution is 2.53. The molecule has 1 atom stereocenters. The number of anilines is 1. The van der Waals surface area contributed by atoms with Crippen molar-refractivity contribution in [3.05, 3.63) is 110 Å². The van der Waals surface area contributed by atoms with Crippen molar-refractivity contribution in [1.29, 1.82) is 0 Å². The zero-order chi connectivity index (χ0) is 24.5. The first-order chi connectivity index (χ1) is 16.9. The maximum atomic E-state index is 14.3. The van der Waals surface area contributed by atoms with Crippen molar-refractivity contribution in [3.8, 4) is 0 Å². The van der Waals surface area contributed by atoms with E-state index in [0.29, 0.717) is 22.8 Å². The molecule has 2 aliphatic rings. The second-order valence-corrected chi connectivity index (χ2v) is 9.37. The number of benzene rings is 3. The van der Waals surface area contributed by atoms with Crippen LogP contribution in [0, 0.1) is 6.92 Å². The standard InChI is InChI=1S/C28H21ClN2O4/c1-3-30-21-7-5-4-6-20(21)28(27(30)34)23-24(32)19-14-18(29)12-13-22(19)35-25(23)26(33)31(28)15-17-10-8-16(2)9-11-17/h4-14H,3,15H2,1-2H3. The summed E-state index contributed by atoms with van der Waals surface area (Å²) in [7, 11) is 0. The number of likely N-dealkylation sites (N-methyl/N-ethyl adjacent to an activating group) is 1. The summed E-state index contributed by atoms with van der Waals surface area (Å²) < 4.78 is 6.04. The normalized spacial score (nSPS) is 18.6. The Hall–Kier alpha value is -3.90. The molecule has 1 unspecified atom stereocenters. The maximum absolute atomic E-state index is 14.3. The summed E-state index contributed by atoms with van der Waals surface area (Å²) in [4.78, 5) is 45.3. The van der Waals surface area contributed by atoms with Crippen LogP contribution in [0.3, 0.4) is 0 Å². The molecular weight excluding hydrogens is 464 g/mol. The van der Waals surface area contributed by atoms with Crippen molar-refractivity contribution in [3.63, 3.8) is 0 Å². The lowest BCUT2D eigenvalue weighted by Crippen LogP contribution is -2.53. The van der Waals surface area contributed by atoms with Gasteiger partial charge in [0.15, 0.2) is 11.0 Å². The third kappa shape index (κ3) is 2.80. The molecule has 0 fully saturated rings. The third-order valence-electron chi connectivity index (χ3n) is 6.98. The molecule has 7 heteroatoms. The predicted octanol–water partition coefficient (Wildman–Crippen LogP) is 5.02. The zero-order valence-corrected chi connectivity index (χ0v) is 19.9. The first-order valence-corrected chi connectivity index (χ1v) is 11.8. The Labute approximate surface area is 206 Å². The Kier molecular flexibility index (Phi) is 4.66. The van der Waals surface area contributed by atoms with Crippen molar-refractivity contribution in [2.24, 2.45) is 0 Å². The van der Waals surface area contributed by atoms with Crippen LogP contribution in [0.4, 0.5) is 5.69 Å². The Balaban J connectivity index is 1.71. The number of fused-ring (bicyclic) bond motifs is 5. The van der Waals surface area contributed by atoms with Crippen molar-refractivity contribution in [2.45, 2.75) is 25.9 Å². The van der Waals surface area contributed by atoms with Crippen LogP contribution in [0.15, 0.2) is 75.9 Å². The Morgan fingerprint density at radius 2 is 1.71 bits per heavy atom. The number of amides is 2. The molecule has 0 saturated heterocycles. The number of halogens is 1. The van der Waals surface area contributed by atoms with Gasteiger partial charge >= 0.3 is 0 Å². The summed E-state index contributed by atoms with van der Waals surface area (Å²) in [6, 6.07) is 19.8. The molecule has 0 bridgehead atoms. The van der Waals surface area contributed by atoms with Gasteiger partial charge in [-0.3, -0.25) is 14.4 Å². The van der Waals surface area contributed by atoms with E-state index in [1.807, 2.05) is 62.4 Å². The molecule has 1 aromatic heterocycles. The highest BCUT2D eigenvalue weighted by Gasteiger charge is 2.64. The van der Waals surface area contributed by atoms with Crippen LogP contribution in [-0.2, 0) is 16.9 Å². The maximum Gasteiger partial charge on any atom is 0.291 e. The van der Waals surface area contributed by atoms with Gasteiger partial charge in [0.2, 0.25) is 5.76 Å². The van der Waals surface area contributed by atoms with Crippen molar-refractivity contribution < 1.29 is 14.0 Å². The van der Waals surface area contributed by atoms with Crippen LogP contribution in [0.5, 0.6) is 0 Å². The summed E-state index contributed by atoms with van der Waals surface area (Å²) in [6.07, 6.45) is 0. The third-order valence-corrected chi connectivity index (χ3v) is 7.21. The minimum Gasteiger partial charge on any atom is -0.450 e. The van der Waals surface area contributed by atoms with Crippen molar-refractivity contribution >= 4 is 40.1 Å². The monoisotopic (exact) mass is 484 g/mol. The van der Waals surface area contributed by atoms with Crippen molar-refractivity contribution in [2.75, 3.05) is 11.4 Å². The number of nitrogens with zero attached hydrogens (tertiary/aromatic N) is 2. The van der Waals surface area contributed by atoms with E-state index >= 15 is 0 Å². The Morgan fingerprint density at radius 3 is 2.46 bits per heavy atom. The quantitative estimate of drug-likeness (QED) is 0.409. The Morgan fingerprint density at radius 1 is 0.971 bits per heavy atom. The molecule has 2 amide bonds. The molecule has 1 spiro atoms. The van der Waals surface area contributed by atoms with Crippen LogP contribution in [0.25, 0.3) is 11.0 Å². The van der Waals surface area contributed by atoms with Gasteiger partial charge in [0.1, 0.15) is 5.58 Å². The SMILES string of the molecule is CCN1C(=O)C2(c3ccccc31)c1c(oc3ccc(Cl)cc3c1=O)C(=O)N2Cc1ccc(C)cc1. The molecule has 0 saturated carbocycles. The summed E-state index contributed by atoms with van der Waals surface area (Å²) in [5, 5.41) is 0.605. The van der Waals surface area contributed by atoms with E-state index in [0.717, 1.165) is 11.1 Å². The molecule has 0 radical (unpaired) electrons. The molecule has 2 aliphatic heterocycles. The molecule has 3 heterocycles. The van der Waals surface area contributed by atoms with E-state index in [-0.39, 0.29) is 34.7 Å². The molecule has 0 aliphatic carbocycles. The number of rotatable bonds is 3. The summed E-state index contributed by atoms with van der Waals surface area (Å²) in [5.74, 6) is -0.928. The fourth-order valence-corrected chi connectivity index (χ4v) is 5.55. The van der Waals surface area contributed by atoms with Gasteiger partial charge < -0.3 is 14.2 Å².